The van der Waals surface area contributed by atoms with Crippen LogP contribution in [0.15, 0.2) is 18.2 Å². The number of H-pyrrole nitrogens is 1. The van der Waals surface area contributed by atoms with Crippen LogP contribution in [-0.2, 0) is 0 Å². The van der Waals surface area contributed by atoms with Crippen molar-refractivity contribution in [1.82, 2.24) is 9.88 Å². The van der Waals surface area contributed by atoms with Crippen LogP contribution >= 0.6 is 0 Å². The van der Waals surface area contributed by atoms with E-state index < -0.39 is 0 Å². The van der Waals surface area contributed by atoms with Gasteiger partial charge in [-0.2, -0.15) is 0 Å². The molecule has 3 rings (SSSR count). The molecule has 1 aliphatic heterocycles. The molecule has 0 aliphatic carbocycles. The Bertz CT molecular complexity index is 652. The molecule has 20 heavy (non-hydrogen) atoms. The number of hydrogen-bond donors (Lipinski definition) is 2. The van der Waals surface area contributed by atoms with E-state index in [1.165, 1.54) is 5.56 Å². The molecule has 106 valence electrons. The molecule has 1 aromatic heterocycles. The topological polar surface area (TPSA) is 56.3 Å². The van der Waals surface area contributed by atoms with E-state index in [1.807, 2.05) is 30.0 Å². The average Bonchev–Trinajstić information content (AvgIpc) is 2.74. The van der Waals surface area contributed by atoms with E-state index in [4.69, 9.17) is 0 Å². The van der Waals surface area contributed by atoms with Gasteiger partial charge in [-0.3, -0.25) is 4.79 Å². The molecule has 1 amide bonds. The number of hydrogen-bond acceptors (Lipinski definition) is 2. The Labute approximate surface area is 118 Å². The number of nitrogens with one attached hydrogen (secondary N) is 1. The summed E-state index contributed by atoms with van der Waals surface area (Å²) in [4.78, 5) is 17.8. The first-order chi connectivity index (χ1) is 9.58. The van der Waals surface area contributed by atoms with Crippen LogP contribution in [0.4, 0.5) is 0 Å². The van der Waals surface area contributed by atoms with Gasteiger partial charge in [0.15, 0.2) is 0 Å². The highest BCUT2D eigenvalue weighted by Crippen LogP contribution is 2.25. The van der Waals surface area contributed by atoms with Crippen LogP contribution in [0.5, 0.6) is 0 Å². The molecule has 1 aliphatic rings. The van der Waals surface area contributed by atoms with Crippen molar-refractivity contribution in [3.05, 3.63) is 35.0 Å². The lowest BCUT2D eigenvalue weighted by Crippen LogP contribution is -2.40. The third kappa shape index (κ3) is 2.10. The molecular weight excluding hydrogens is 252 g/mol. The van der Waals surface area contributed by atoms with Gasteiger partial charge in [-0.15, -0.1) is 0 Å². The van der Waals surface area contributed by atoms with E-state index in [1.54, 1.807) is 0 Å². The SMILES string of the molecule is Cc1[nH]c2c(C(=O)N3CCC(O)CC3)cccc2c1C. The van der Waals surface area contributed by atoms with Crippen LogP contribution in [0.3, 0.4) is 0 Å². The van der Waals surface area contributed by atoms with E-state index in [-0.39, 0.29) is 12.0 Å². The number of carbonyl (C=O) groups excluding carboxylic acids is 1. The second-order valence-corrected chi connectivity index (χ2v) is 5.63. The summed E-state index contributed by atoms with van der Waals surface area (Å²) in [5.41, 5.74) is 3.96. The molecule has 2 N–H and O–H groups in total. The zero-order valence-corrected chi connectivity index (χ0v) is 11.9. The van der Waals surface area contributed by atoms with Crippen LogP contribution in [0.25, 0.3) is 10.9 Å². The molecule has 0 atom stereocenters. The number of fused-ring (bicyclic) bond motifs is 1. The molecule has 4 heteroatoms. The van der Waals surface area contributed by atoms with E-state index in [0.29, 0.717) is 25.9 Å². The standard InChI is InChI=1S/C16H20N2O2/c1-10-11(2)17-15-13(10)4-3-5-14(15)16(20)18-8-6-12(19)7-9-18/h3-5,12,17,19H,6-9H2,1-2H3. The molecule has 0 radical (unpaired) electrons. The van der Waals surface area contributed by atoms with Crippen molar-refractivity contribution in [2.75, 3.05) is 13.1 Å². The lowest BCUT2D eigenvalue weighted by molar-refractivity contribution is 0.0548. The predicted octanol–water partition coefficient (Wildman–Crippen LogP) is 2.38. The Hall–Kier alpha value is -1.81. The molecule has 1 fully saturated rings. The number of aryl methyl sites for hydroxylation is 2. The van der Waals surface area contributed by atoms with E-state index >= 15 is 0 Å². The Balaban J connectivity index is 1.97. The fraction of sp³-hybridized carbons (Fsp3) is 0.438. The van der Waals surface area contributed by atoms with Gasteiger partial charge >= 0.3 is 0 Å². The molecule has 0 spiro atoms. The lowest BCUT2D eigenvalue weighted by atomic mass is 10.0. The molecule has 2 aromatic rings. The number of likely N-dealkylation sites (tertiary alicyclic amines) is 1. The number of piperidine rings is 1. The van der Waals surface area contributed by atoms with Crippen molar-refractivity contribution in [3.8, 4) is 0 Å². The second kappa shape index (κ2) is 4.94. The average molecular weight is 272 g/mol. The number of benzene rings is 1. The van der Waals surface area contributed by atoms with Gasteiger partial charge in [0.2, 0.25) is 0 Å². The second-order valence-electron chi connectivity index (χ2n) is 5.63. The van der Waals surface area contributed by atoms with Crippen LogP contribution in [0, 0.1) is 13.8 Å². The van der Waals surface area contributed by atoms with Crippen molar-refractivity contribution >= 4 is 16.8 Å². The number of nitrogens with zero attached hydrogens (tertiary/aromatic N) is 1. The Morgan fingerprint density at radius 3 is 2.70 bits per heavy atom. The van der Waals surface area contributed by atoms with E-state index in [9.17, 15) is 9.90 Å². The molecule has 0 saturated carbocycles. The van der Waals surface area contributed by atoms with Gasteiger partial charge in [0.05, 0.1) is 17.2 Å². The van der Waals surface area contributed by atoms with Gasteiger partial charge in [-0.1, -0.05) is 12.1 Å². The zero-order valence-electron chi connectivity index (χ0n) is 11.9. The summed E-state index contributed by atoms with van der Waals surface area (Å²) >= 11 is 0. The Morgan fingerprint density at radius 2 is 2.00 bits per heavy atom. The number of aliphatic hydroxyl groups is 1. The fourth-order valence-corrected chi connectivity index (χ4v) is 2.90. The highest BCUT2D eigenvalue weighted by Gasteiger charge is 2.24. The van der Waals surface area contributed by atoms with Crippen LogP contribution in [0.2, 0.25) is 0 Å². The molecule has 4 nitrogen and oxygen atoms in total. The molecule has 0 bridgehead atoms. The minimum absolute atomic E-state index is 0.0590. The van der Waals surface area contributed by atoms with Gasteiger partial charge in [0.1, 0.15) is 0 Å². The molecule has 1 saturated heterocycles. The van der Waals surface area contributed by atoms with Gasteiger partial charge in [0.25, 0.3) is 5.91 Å². The number of carbonyl (C=O) groups is 1. The van der Waals surface area contributed by atoms with Crippen LogP contribution in [-0.4, -0.2) is 40.1 Å². The first-order valence-corrected chi connectivity index (χ1v) is 7.13. The molecule has 0 unspecified atom stereocenters. The van der Waals surface area contributed by atoms with Crippen molar-refractivity contribution in [2.24, 2.45) is 0 Å². The van der Waals surface area contributed by atoms with Gasteiger partial charge < -0.3 is 15.0 Å². The van der Waals surface area contributed by atoms with Crippen molar-refractivity contribution in [3.63, 3.8) is 0 Å². The summed E-state index contributed by atoms with van der Waals surface area (Å²) in [6.07, 6.45) is 1.08. The predicted molar refractivity (Wildman–Crippen MR) is 78.9 cm³/mol. The van der Waals surface area contributed by atoms with Crippen molar-refractivity contribution in [1.29, 1.82) is 0 Å². The summed E-state index contributed by atoms with van der Waals surface area (Å²) in [6, 6.07) is 5.87. The number of para-hydroxylation sites is 1. The quantitative estimate of drug-likeness (QED) is 0.837. The van der Waals surface area contributed by atoms with Crippen LogP contribution < -0.4 is 0 Å². The van der Waals surface area contributed by atoms with E-state index in [0.717, 1.165) is 22.2 Å². The fourth-order valence-electron chi connectivity index (χ4n) is 2.90. The number of aromatic amines is 1. The Morgan fingerprint density at radius 1 is 1.30 bits per heavy atom. The summed E-state index contributed by atoms with van der Waals surface area (Å²) in [6.45, 7) is 5.37. The molecule has 1 aromatic carbocycles. The third-order valence-electron chi connectivity index (χ3n) is 4.33. The zero-order chi connectivity index (χ0) is 14.3. The normalized spacial score (nSPS) is 16.9. The number of aromatic nitrogens is 1. The summed E-state index contributed by atoms with van der Waals surface area (Å²) in [7, 11) is 0. The number of aliphatic hydroxyl groups excluding tert-OH is 1. The lowest BCUT2D eigenvalue weighted by Gasteiger charge is -2.29. The van der Waals surface area contributed by atoms with Gasteiger partial charge in [-0.25, -0.2) is 0 Å². The first kappa shape index (κ1) is 13.2. The maximum absolute atomic E-state index is 12.7. The van der Waals surface area contributed by atoms with Crippen LogP contribution in [0.1, 0.15) is 34.5 Å². The molecule has 2 heterocycles. The Kier molecular flexibility index (Phi) is 3.26. The largest absolute Gasteiger partial charge is 0.393 e. The minimum Gasteiger partial charge on any atom is -0.393 e. The first-order valence-electron chi connectivity index (χ1n) is 7.13. The summed E-state index contributed by atoms with van der Waals surface area (Å²) in [5, 5.41) is 10.7. The summed E-state index contributed by atoms with van der Waals surface area (Å²) in [5.74, 6) is 0.0590. The maximum atomic E-state index is 12.7. The molecular formula is C16H20N2O2. The van der Waals surface area contributed by atoms with Crippen molar-refractivity contribution < 1.29 is 9.90 Å². The van der Waals surface area contributed by atoms with Gasteiger partial charge in [-0.05, 0) is 38.3 Å². The maximum Gasteiger partial charge on any atom is 0.255 e. The smallest absolute Gasteiger partial charge is 0.255 e. The van der Waals surface area contributed by atoms with E-state index in [2.05, 4.69) is 11.9 Å². The number of amides is 1. The van der Waals surface area contributed by atoms with Crippen molar-refractivity contribution in [2.45, 2.75) is 32.8 Å². The monoisotopic (exact) mass is 272 g/mol. The third-order valence-corrected chi connectivity index (χ3v) is 4.33. The highest BCUT2D eigenvalue weighted by molar-refractivity contribution is 6.06. The van der Waals surface area contributed by atoms with Gasteiger partial charge in [0, 0.05) is 24.2 Å². The highest BCUT2D eigenvalue weighted by atomic mass is 16.3. The number of rotatable bonds is 1. The summed E-state index contributed by atoms with van der Waals surface area (Å²) < 4.78 is 0. The minimum atomic E-state index is -0.259.